The lowest BCUT2D eigenvalue weighted by molar-refractivity contribution is 0.0468. The summed E-state index contributed by atoms with van der Waals surface area (Å²) in [6.07, 6.45) is 5.39. The fraction of sp³-hybridized carbons (Fsp3) is 0.311. The van der Waals surface area contributed by atoms with Gasteiger partial charge in [0.05, 0.1) is 25.6 Å². The topological polar surface area (TPSA) is 66.8 Å². The maximum absolute atomic E-state index is 15.4. The zero-order valence-corrected chi connectivity index (χ0v) is 30.7. The van der Waals surface area contributed by atoms with Gasteiger partial charge in [0.25, 0.3) is 0 Å². The van der Waals surface area contributed by atoms with Crippen LogP contribution in [0.1, 0.15) is 74.8 Å². The summed E-state index contributed by atoms with van der Waals surface area (Å²) < 4.78 is 49.3. The summed E-state index contributed by atoms with van der Waals surface area (Å²) in [5, 5.41) is 13.8. The van der Waals surface area contributed by atoms with Crippen LogP contribution in [-0.4, -0.2) is 20.4 Å². The minimum Gasteiger partial charge on any atom is -0.497 e. The Morgan fingerprint density at radius 1 is 0.792 bits per heavy atom. The third kappa shape index (κ3) is 4.72. The molecule has 2 aliphatic carbocycles. The highest BCUT2D eigenvalue weighted by molar-refractivity contribution is 6.12. The van der Waals surface area contributed by atoms with Crippen LogP contribution in [0, 0.1) is 22.3 Å². The van der Waals surface area contributed by atoms with E-state index in [1.807, 2.05) is 48.5 Å². The molecule has 1 spiro atoms. The van der Waals surface area contributed by atoms with Gasteiger partial charge in [-0.15, -0.1) is 0 Å². The predicted octanol–water partition coefficient (Wildman–Crippen LogP) is 11.0. The third-order valence-electron chi connectivity index (χ3n) is 11.8. The molecule has 5 aromatic rings. The van der Waals surface area contributed by atoms with Crippen LogP contribution in [0.5, 0.6) is 17.2 Å². The van der Waals surface area contributed by atoms with Gasteiger partial charge in [-0.25, -0.2) is 0 Å². The zero-order valence-electron chi connectivity index (χ0n) is 30.7. The molecule has 0 aromatic heterocycles. The number of rotatable bonds is 4. The van der Waals surface area contributed by atoms with Crippen molar-refractivity contribution in [2.75, 3.05) is 24.4 Å². The molecule has 0 atom stereocenters. The van der Waals surface area contributed by atoms with Crippen molar-refractivity contribution in [2.45, 2.75) is 64.1 Å². The molecule has 268 valence electrons. The Balaban J connectivity index is 1.40. The van der Waals surface area contributed by atoms with E-state index in [9.17, 15) is 5.26 Å². The number of hydrogen-bond donors (Lipinski definition) is 1. The van der Waals surface area contributed by atoms with E-state index in [2.05, 4.69) is 69.4 Å². The van der Waals surface area contributed by atoms with Crippen LogP contribution < -0.4 is 24.4 Å². The predicted molar refractivity (Wildman–Crippen MR) is 205 cm³/mol. The van der Waals surface area contributed by atoms with Crippen molar-refractivity contribution >= 4 is 28.2 Å². The van der Waals surface area contributed by atoms with E-state index >= 15 is 8.78 Å². The van der Waals surface area contributed by atoms with E-state index in [-0.39, 0.29) is 27.6 Å². The molecule has 0 saturated heterocycles. The fourth-order valence-electron chi connectivity index (χ4n) is 10.6. The van der Waals surface area contributed by atoms with Crippen molar-refractivity contribution in [3.05, 3.63) is 119 Å². The van der Waals surface area contributed by atoms with E-state index in [0.717, 1.165) is 58.0 Å². The standard InChI is InChI=1S/C45H41F2N3O3/c1-41(2)23-42(3,4)25-43(24-41)35-10-8-7-9-31(35)38-33-22-37-36(49-45(46,47)50(37)26-48)21-34(33)40-32(39(38)43)19-20-44(53-40,27-11-15-29(51-5)16-12-27)28-13-17-30(52-6)18-14-28/h7-22,49H,23-25H2,1-6H3. The number of halogens is 2. The number of anilines is 2. The molecule has 6 nitrogen and oxygen atoms in total. The molecule has 1 saturated carbocycles. The van der Waals surface area contributed by atoms with Crippen molar-refractivity contribution in [1.29, 1.82) is 5.26 Å². The molecule has 53 heavy (non-hydrogen) atoms. The molecule has 0 unspecified atom stereocenters. The van der Waals surface area contributed by atoms with Crippen molar-refractivity contribution < 1.29 is 23.0 Å². The van der Waals surface area contributed by atoms with E-state index in [1.54, 1.807) is 32.5 Å². The monoisotopic (exact) mass is 709 g/mol. The van der Waals surface area contributed by atoms with Gasteiger partial charge in [-0.3, -0.25) is 0 Å². The molecular formula is C45H41F2N3O3. The number of benzene rings is 5. The van der Waals surface area contributed by atoms with Crippen molar-refractivity contribution in [1.82, 2.24) is 0 Å². The highest BCUT2D eigenvalue weighted by Gasteiger charge is 2.56. The molecule has 0 radical (unpaired) electrons. The number of nitrogens with one attached hydrogen (secondary N) is 1. The van der Waals surface area contributed by atoms with Crippen molar-refractivity contribution in [3.8, 4) is 34.6 Å². The lowest BCUT2D eigenvalue weighted by Gasteiger charge is -2.52. The van der Waals surface area contributed by atoms with E-state index in [0.29, 0.717) is 27.5 Å². The van der Waals surface area contributed by atoms with Crippen molar-refractivity contribution in [3.63, 3.8) is 0 Å². The molecule has 0 bridgehead atoms. The summed E-state index contributed by atoms with van der Waals surface area (Å²) in [5.74, 6) is 2.05. The van der Waals surface area contributed by atoms with Gasteiger partial charge in [-0.1, -0.05) is 82.3 Å². The van der Waals surface area contributed by atoms with Crippen LogP contribution in [0.15, 0.2) is 91.0 Å². The number of fused-ring (bicyclic) bond motifs is 11. The van der Waals surface area contributed by atoms with Crippen LogP contribution >= 0.6 is 0 Å². The number of nitriles is 1. The Labute approximate surface area is 308 Å². The molecule has 4 aliphatic rings. The van der Waals surface area contributed by atoms with Crippen LogP contribution in [0.3, 0.4) is 0 Å². The number of hydrogen-bond acceptors (Lipinski definition) is 6. The molecule has 1 fully saturated rings. The number of ether oxygens (including phenoxy) is 3. The Hall–Kier alpha value is -5.55. The van der Waals surface area contributed by atoms with E-state index in [1.165, 1.54) is 5.56 Å². The molecule has 8 heteroatoms. The summed E-state index contributed by atoms with van der Waals surface area (Å²) in [6, 6.07) is 27.8. The first kappa shape index (κ1) is 33.3. The average Bonchev–Trinajstić information content (AvgIpc) is 3.54. The summed E-state index contributed by atoms with van der Waals surface area (Å²) in [7, 11) is 3.28. The van der Waals surface area contributed by atoms with Gasteiger partial charge in [0, 0.05) is 27.5 Å². The Kier molecular flexibility index (Phi) is 6.90. The average molecular weight is 710 g/mol. The number of nitrogens with zero attached hydrogens (tertiary/aromatic N) is 2. The second kappa shape index (κ2) is 11.0. The Bertz CT molecular complexity index is 2340. The highest BCUT2D eigenvalue weighted by Crippen LogP contribution is 2.67. The summed E-state index contributed by atoms with van der Waals surface area (Å²) in [5.41, 5.74) is 6.10. The minimum atomic E-state index is -3.58. The second-order valence-corrected chi connectivity index (χ2v) is 16.6. The molecule has 9 rings (SSSR count). The lowest BCUT2D eigenvalue weighted by Crippen LogP contribution is -2.44. The molecule has 5 aromatic carbocycles. The van der Waals surface area contributed by atoms with Gasteiger partial charge in [0.1, 0.15) is 17.2 Å². The second-order valence-electron chi connectivity index (χ2n) is 16.6. The number of methoxy groups -OCH3 is 2. The quantitative estimate of drug-likeness (QED) is 0.148. The molecular weight excluding hydrogens is 669 g/mol. The molecule has 1 N–H and O–H groups in total. The summed E-state index contributed by atoms with van der Waals surface area (Å²) >= 11 is 0. The minimum absolute atomic E-state index is 0.00895. The SMILES string of the molecule is COc1ccc(C2(c3ccc(OC)cc3)C=Cc3c4c(c5cc6c(cc5c3O2)NC(F)(F)N6C#N)-c2ccccc2C42CC(C)(C)CC(C)(C)C2)cc1. The smallest absolute Gasteiger partial charge is 0.424 e. The van der Waals surface area contributed by atoms with E-state index < -0.39 is 11.8 Å². The first-order valence-corrected chi connectivity index (χ1v) is 18.1. The number of alkyl halides is 2. The Morgan fingerprint density at radius 3 is 1.98 bits per heavy atom. The first-order valence-electron chi connectivity index (χ1n) is 18.1. The maximum atomic E-state index is 15.4. The van der Waals surface area contributed by atoms with Crippen LogP contribution in [-0.2, 0) is 11.0 Å². The van der Waals surface area contributed by atoms with Crippen molar-refractivity contribution in [2.24, 2.45) is 10.8 Å². The molecule has 2 heterocycles. The maximum Gasteiger partial charge on any atom is 0.424 e. The zero-order chi connectivity index (χ0) is 37.1. The van der Waals surface area contributed by atoms with Gasteiger partial charge in [-0.05, 0) is 100 Å². The lowest BCUT2D eigenvalue weighted by atomic mass is 9.52. The molecule has 2 aliphatic heterocycles. The fourth-order valence-corrected chi connectivity index (χ4v) is 10.6. The van der Waals surface area contributed by atoms with Crippen LogP contribution in [0.25, 0.3) is 28.0 Å². The highest BCUT2D eigenvalue weighted by atomic mass is 19.3. The van der Waals surface area contributed by atoms with Gasteiger partial charge in [-0.2, -0.15) is 18.9 Å². The van der Waals surface area contributed by atoms with Gasteiger partial charge in [0.2, 0.25) is 0 Å². The van der Waals surface area contributed by atoms with Crippen LogP contribution in [0.2, 0.25) is 0 Å². The Morgan fingerprint density at radius 2 is 1.40 bits per heavy atom. The van der Waals surface area contributed by atoms with Gasteiger partial charge >= 0.3 is 6.17 Å². The first-order chi connectivity index (χ1) is 25.2. The largest absolute Gasteiger partial charge is 0.497 e. The summed E-state index contributed by atoms with van der Waals surface area (Å²) in [4.78, 5) is 0.469. The summed E-state index contributed by atoms with van der Waals surface area (Å²) in [6.45, 7) is 9.44. The normalized spacial score (nSPS) is 20.0. The van der Waals surface area contributed by atoms with Gasteiger partial charge in [0.15, 0.2) is 11.8 Å². The van der Waals surface area contributed by atoms with Gasteiger partial charge < -0.3 is 19.5 Å². The third-order valence-corrected chi connectivity index (χ3v) is 11.8. The van der Waals surface area contributed by atoms with E-state index in [4.69, 9.17) is 14.2 Å². The van der Waals surface area contributed by atoms with Crippen LogP contribution in [0.4, 0.5) is 20.2 Å². The molecule has 0 amide bonds.